The molecule has 1 aliphatic carbocycles. The van der Waals surface area contributed by atoms with Crippen molar-refractivity contribution in [2.75, 3.05) is 6.54 Å². The van der Waals surface area contributed by atoms with Gasteiger partial charge in [-0.2, -0.15) is 5.11 Å². The lowest BCUT2D eigenvalue weighted by molar-refractivity contribution is 0.137. The Hall–Kier alpha value is -3.33. The van der Waals surface area contributed by atoms with Crippen LogP contribution in [0.4, 0.5) is 9.59 Å². The summed E-state index contributed by atoms with van der Waals surface area (Å²) in [7, 11) is 0. The van der Waals surface area contributed by atoms with Crippen LogP contribution in [0, 0.1) is 11.3 Å². The van der Waals surface area contributed by atoms with Crippen LogP contribution in [0.25, 0.3) is 0 Å². The average Bonchev–Trinajstić information content (AvgIpc) is 2.86. The van der Waals surface area contributed by atoms with Gasteiger partial charge in [0.2, 0.25) is 0 Å². The maximum absolute atomic E-state index is 12.3. The molecule has 2 aromatic rings. The third-order valence-corrected chi connectivity index (χ3v) is 6.15. The number of nitrogens with zero attached hydrogens (tertiary/aromatic N) is 3. The first-order chi connectivity index (χ1) is 16.8. The number of azo groups is 1. The molecule has 0 saturated heterocycles. The van der Waals surface area contributed by atoms with E-state index in [-0.39, 0.29) is 17.9 Å². The van der Waals surface area contributed by atoms with Crippen molar-refractivity contribution in [1.29, 1.82) is 5.41 Å². The lowest BCUT2D eigenvalue weighted by Gasteiger charge is -2.25. The van der Waals surface area contributed by atoms with E-state index in [2.05, 4.69) is 26.6 Å². The number of benzene rings is 1. The van der Waals surface area contributed by atoms with Gasteiger partial charge in [-0.05, 0) is 74.1 Å². The van der Waals surface area contributed by atoms with Crippen molar-refractivity contribution in [2.24, 2.45) is 16.1 Å². The van der Waals surface area contributed by atoms with Crippen molar-refractivity contribution in [3.63, 3.8) is 0 Å². The molecule has 1 fully saturated rings. The predicted octanol–water partition coefficient (Wildman–Crippen LogP) is 6.60. The van der Waals surface area contributed by atoms with Crippen LogP contribution < -0.4 is 5.32 Å². The van der Waals surface area contributed by atoms with E-state index in [9.17, 15) is 4.79 Å². The molecule has 0 radical (unpaired) electrons. The zero-order valence-electron chi connectivity index (χ0n) is 19.7. The number of carbonyl (C=O) groups is 2. The molecule has 0 spiro atoms. The number of pyridine rings is 1. The van der Waals surface area contributed by atoms with E-state index in [1.807, 2.05) is 49.5 Å². The summed E-state index contributed by atoms with van der Waals surface area (Å²) in [5.41, 5.74) is 2.23. The SMILES string of the molecule is CC(C=N)CC(CNC(=O)N=NC1CCC(c2ccccn2)CC1)c1ccc(Cl)cc1.O=C(O)O. The smallest absolute Gasteiger partial charge is 0.450 e. The second-order valence-corrected chi connectivity index (χ2v) is 9.01. The van der Waals surface area contributed by atoms with E-state index >= 15 is 0 Å². The minimum atomic E-state index is -1.83. The molecule has 10 heteroatoms. The molecule has 2 unspecified atom stereocenters. The summed E-state index contributed by atoms with van der Waals surface area (Å²) in [6.07, 6.45) is 6.08. The second-order valence-electron chi connectivity index (χ2n) is 8.57. The third kappa shape index (κ3) is 10.6. The summed E-state index contributed by atoms with van der Waals surface area (Å²) in [6, 6.07) is 13.4. The Morgan fingerprint density at radius 2 is 1.83 bits per heavy atom. The summed E-state index contributed by atoms with van der Waals surface area (Å²) in [5.74, 6) is 0.674. The number of nitrogens with one attached hydrogen (secondary N) is 2. The minimum Gasteiger partial charge on any atom is -0.450 e. The molecule has 1 heterocycles. The van der Waals surface area contributed by atoms with Crippen molar-refractivity contribution in [3.05, 3.63) is 64.9 Å². The van der Waals surface area contributed by atoms with E-state index in [1.54, 1.807) is 0 Å². The molecule has 1 aromatic carbocycles. The molecule has 35 heavy (non-hydrogen) atoms. The first kappa shape index (κ1) is 27.9. The summed E-state index contributed by atoms with van der Waals surface area (Å²) >= 11 is 6.00. The molecule has 2 amide bonds. The molecule has 0 bridgehead atoms. The number of aromatic nitrogens is 1. The van der Waals surface area contributed by atoms with Gasteiger partial charge in [-0.3, -0.25) is 4.98 Å². The van der Waals surface area contributed by atoms with Crippen molar-refractivity contribution in [2.45, 2.75) is 56.9 Å². The van der Waals surface area contributed by atoms with Gasteiger partial charge < -0.3 is 20.9 Å². The highest BCUT2D eigenvalue weighted by molar-refractivity contribution is 6.30. The molecular formula is C25H32ClN5O4. The van der Waals surface area contributed by atoms with Gasteiger partial charge in [0.05, 0.1) is 6.04 Å². The number of halogens is 1. The molecular weight excluding hydrogens is 470 g/mol. The summed E-state index contributed by atoms with van der Waals surface area (Å²) in [5, 5.41) is 33.2. The lowest BCUT2D eigenvalue weighted by Crippen LogP contribution is -2.27. The predicted molar refractivity (Wildman–Crippen MR) is 135 cm³/mol. The highest BCUT2D eigenvalue weighted by atomic mass is 35.5. The van der Waals surface area contributed by atoms with Crippen LogP contribution in [0.2, 0.25) is 5.02 Å². The van der Waals surface area contributed by atoms with Crippen LogP contribution in [0.1, 0.15) is 62.1 Å². The average molecular weight is 502 g/mol. The summed E-state index contributed by atoms with van der Waals surface area (Å²) in [6.45, 7) is 2.45. The van der Waals surface area contributed by atoms with Gasteiger partial charge in [0.25, 0.3) is 0 Å². The minimum absolute atomic E-state index is 0.0850. The van der Waals surface area contributed by atoms with Crippen molar-refractivity contribution in [3.8, 4) is 0 Å². The fourth-order valence-corrected chi connectivity index (χ4v) is 4.20. The van der Waals surface area contributed by atoms with Crippen molar-refractivity contribution < 1.29 is 19.8 Å². The van der Waals surface area contributed by atoms with Crippen LogP contribution in [-0.4, -0.2) is 46.2 Å². The molecule has 9 nitrogen and oxygen atoms in total. The third-order valence-electron chi connectivity index (χ3n) is 5.90. The maximum Gasteiger partial charge on any atom is 0.503 e. The Balaban J connectivity index is 0.00000100. The first-order valence-electron chi connectivity index (χ1n) is 11.6. The van der Waals surface area contributed by atoms with Crippen molar-refractivity contribution >= 4 is 30.0 Å². The molecule has 0 aliphatic heterocycles. The van der Waals surface area contributed by atoms with Crippen LogP contribution in [-0.2, 0) is 0 Å². The number of rotatable bonds is 8. The van der Waals surface area contributed by atoms with Gasteiger partial charge in [0.15, 0.2) is 0 Å². The number of carboxylic acid groups (broad SMARTS) is 2. The zero-order valence-corrected chi connectivity index (χ0v) is 20.4. The van der Waals surface area contributed by atoms with Gasteiger partial charge in [-0.15, -0.1) is 0 Å². The number of hydrogen-bond acceptors (Lipinski definition) is 5. The molecule has 2 atom stereocenters. The van der Waals surface area contributed by atoms with Gasteiger partial charge in [0.1, 0.15) is 0 Å². The Bertz CT molecular complexity index is 960. The van der Waals surface area contributed by atoms with Gasteiger partial charge in [-0.1, -0.05) is 41.8 Å². The highest BCUT2D eigenvalue weighted by Gasteiger charge is 2.23. The van der Waals surface area contributed by atoms with Crippen LogP contribution in [0.3, 0.4) is 0 Å². The van der Waals surface area contributed by atoms with Gasteiger partial charge in [0, 0.05) is 35.3 Å². The monoisotopic (exact) mass is 501 g/mol. The summed E-state index contributed by atoms with van der Waals surface area (Å²) < 4.78 is 0. The molecule has 3 rings (SSSR count). The standard InChI is InChI=1S/C24H30ClN5O.CH2O3/c1-17(15-26)14-20(18-5-9-21(25)10-6-18)16-28-24(31)30-29-22-11-7-19(8-12-22)23-4-2-3-13-27-23;2-1(3)4/h2-6,9-10,13,15,17,19-20,22,26H,7-8,11-12,14,16H2,1H3,(H,28,31);(H2,2,3,4). The Morgan fingerprint density at radius 3 is 2.40 bits per heavy atom. The normalized spacial score (nSPS) is 19.1. The molecule has 1 saturated carbocycles. The fraction of sp³-hybridized carbons (Fsp3) is 0.440. The largest absolute Gasteiger partial charge is 0.503 e. The molecule has 4 N–H and O–H groups in total. The second kappa shape index (κ2) is 14.8. The van der Waals surface area contributed by atoms with E-state index in [0.717, 1.165) is 43.4 Å². The van der Waals surface area contributed by atoms with Gasteiger partial charge in [-0.25, -0.2) is 9.59 Å². The lowest BCUT2D eigenvalue weighted by atomic mass is 9.84. The van der Waals surface area contributed by atoms with Crippen LogP contribution >= 0.6 is 11.6 Å². The number of amides is 2. The molecule has 1 aliphatic rings. The highest BCUT2D eigenvalue weighted by Crippen LogP contribution is 2.33. The quantitative estimate of drug-likeness (QED) is 0.237. The topological polar surface area (TPSA) is 148 Å². The Labute approximate surface area is 210 Å². The van der Waals surface area contributed by atoms with E-state index < -0.39 is 12.2 Å². The van der Waals surface area contributed by atoms with Crippen LogP contribution in [0.5, 0.6) is 0 Å². The number of urea groups is 1. The molecule has 1 aromatic heterocycles. The number of carbonyl (C=O) groups excluding carboxylic acids is 1. The van der Waals surface area contributed by atoms with E-state index in [4.69, 9.17) is 32.0 Å². The Kier molecular flexibility index (Phi) is 11.8. The Morgan fingerprint density at radius 1 is 1.17 bits per heavy atom. The van der Waals surface area contributed by atoms with E-state index in [0.29, 0.717) is 17.5 Å². The van der Waals surface area contributed by atoms with Crippen molar-refractivity contribution in [1.82, 2.24) is 10.3 Å². The van der Waals surface area contributed by atoms with E-state index in [1.165, 1.54) is 6.21 Å². The van der Waals surface area contributed by atoms with Crippen LogP contribution in [0.15, 0.2) is 58.9 Å². The first-order valence-corrected chi connectivity index (χ1v) is 11.9. The summed E-state index contributed by atoms with van der Waals surface area (Å²) in [4.78, 5) is 25.3. The van der Waals surface area contributed by atoms with Gasteiger partial charge >= 0.3 is 12.2 Å². The fourth-order valence-electron chi connectivity index (χ4n) is 4.07. The molecule has 188 valence electrons. The zero-order chi connectivity index (χ0) is 25.6. The number of hydrogen-bond donors (Lipinski definition) is 4. The maximum atomic E-state index is 12.3.